The van der Waals surface area contributed by atoms with Gasteiger partial charge in [0.1, 0.15) is 11.1 Å². The van der Waals surface area contributed by atoms with Crippen molar-refractivity contribution in [3.05, 3.63) is 62.0 Å². The minimum atomic E-state index is -0.475. The van der Waals surface area contributed by atoms with Crippen LogP contribution in [0.2, 0.25) is 0 Å². The monoisotopic (exact) mass is 409 g/mol. The quantitative estimate of drug-likeness (QED) is 0.419. The number of nitro groups is 1. The van der Waals surface area contributed by atoms with Crippen LogP contribution in [0.1, 0.15) is 48.8 Å². The third kappa shape index (κ3) is 4.72. The summed E-state index contributed by atoms with van der Waals surface area (Å²) in [5, 5.41) is 23.9. The Morgan fingerprint density at radius 1 is 1.41 bits per heavy atom. The summed E-state index contributed by atoms with van der Waals surface area (Å²) < 4.78 is 0. The number of non-ortho nitro benzene ring substituents is 1. The highest BCUT2D eigenvalue weighted by Gasteiger charge is 2.32. The van der Waals surface area contributed by atoms with E-state index in [1.54, 1.807) is 12.1 Å². The first-order valence-corrected chi connectivity index (χ1v) is 10.3. The van der Waals surface area contributed by atoms with E-state index in [1.165, 1.54) is 40.5 Å². The number of amides is 1. The number of carbonyl (C=O) groups is 1. The van der Waals surface area contributed by atoms with E-state index in [-0.39, 0.29) is 17.0 Å². The molecule has 2 aromatic rings. The number of carbonyl (C=O) groups excluding carboxylic acids is 1. The highest BCUT2D eigenvalue weighted by atomic mass is 32.1. The van der Waals surface area contributed by atoms with Gasteiger partial charge in [-0.05, 0) is 47.8 Å². The zero-order valence-corrected chi connectivity index (χ0v) is 17.5. The van der Waals surface area contributed by atoms with Gasteiger partial charge < -0.3 is 5.32 Å². The highest BCUT2D eigenvalue weighted by molar-refractivity contribution is 7.16. The van der Waals surface area contributed by atoms with Crippen molar-refractivity contribution in [2.75, 3.05) is 5.32 Å². The smallest absolute Gasteiger partial charge is 0.270 e. The second-order valence-electron chi connectivity index (χ2n) is 8.30. The molecule has 0 fully saturated rings. The summed E-state index contributed by atoms with van der Waals surface area (Å²) >= 11 is 1.49. The summed E-state index contributed by atoms with van der Waals surface area (Å²) in [6.07, 6.45) is 5.68. The van der Waals surface area contributed by atoms with Crippen molar-refractivity contribution >= 4 is 34.0 Å². The van der Waals surface area contributed by atoms with Gasteiger partial charge in [0.05, 0.1) is 10.5 Å². The second-order valence-corrected chi connectivity index (χ2v) is 9.41. The molecule has 6 nitrogen and oxygen atoms in total. The van der Waals surface area contributed by atoms with E-state index in [0.717, 1.165) is 24.8 Å². The van der Waals surface area contributed by atoms with Gasteiger partial charge in [-0.1, -0.05) is 32.9 Å². The number of thiophene rings is 1. The van der Waals surface area contributed by atoms with Crippen molar-refractivity contribution in [3.63, 3.8) is 0 Å². The van der Waals surface area contributed by atoms with Crippen LogP contribution in [-0.2, 0) is 17.6 Å². The van der Waals surface area contributed by atoms with Crippen molar-refractivity contribution in [2.45, 2.75) is 40.0 Å². The summed E-state index contributed by atoms with van der Waals surface area (Å²) in [5.74, 6) is 0.191. The minimum absolute atomic E-state index is 0.0290. The Bertz CT molecular complexity index is 1020. The van der Waals surface area contributed by atoms with Crippen LogP contribution in [0.3, 0.4) is 0 Å². The standard InChI is InChI=1S/C22H23N3O3S/c1-22(2,3)15-8-9-17-18(13-23)21(29-19(17)12-15)24-20(26)10-7-14-5-4-6-16(11-14)25(27)28/h4-7,10-11,15H,8-9,12H2,1-3H3,(H,24,26). The molecule has 1 aromatic heterocycles. The topological polar surface area (TPSA) is 96.0 Å². The van der Waals surface area contributed by atoms with Gasteiger partial charge in [0.15, 0.2) is 0 Å². The van der Waals surface area contributed by atoms with Gasteiger partial charge in [-0.25, -0.2) is 0 Å². The molecule has 0 spiro atoms. The second kappa shape index (κ2) is 8.18. The van der Waals surface area contributed by atoms with E-state index in [4.69, 9.17) is 0 Å². The molecule has 7 heteroatoms. The molecule has 1 amide bonds. The van der Waals surface area contributed by atoms with E-state index in [9.17, 15) is 20.2 Å². The third-order valence-electron chi connectivity index (χ3n) is 5.35. The average Bonchev–Trinajstić information content (AvgIpc) is 3.01. The first-order valence-electron chi connectivity index (χ1n) is 9.47. The molecular weight excluding hydrogens is 386 g/mol. The van der Waals surface area contributed by atoms with Crippen LogP contribution >= 0.6 is 11.3 Å². The average molecular weight is 410 g/mol. The van der Waals surface area contributed by atoms with Gasteiger partial charge in [-0.15, -0.1) is 11.3 Å². The number of nitrogens with zero attached hydrogens (tertiary/aromatic N) is 2. The van der Waals surface area contributed by atoms with Crippen LogP contribution in [-0.4, -0.2) is 10.8 Å². The zero-order valence-electron chi connectivity index (χ0n) is 16.7. The summed E-state index contributed by atoms with van der Waals surface area (Å²) in [7, 11) is 0. The third-order valence-corrected chi connectivity index (χ3v) is 6.52. The number of anilines is 1. The molecule has 1 N–H and O–H groups in total. The van der Waals surface area contributed by atoms with Crippen LogP contribution in [0.5, 0.6) is 0 Å². The Kier molecular flexibility index (Phi) is 5.85. The summed E-state index contributed by atoms with van der Waals surface area (Å²) in [6, 6.07) is 8.32. The Labute approximate surface area is 174 Å². The lowest BCUT2D eigenvalue weighted by Gasteiger charge is -2.33. The summed E-state index contributed by atoms with van der Waals surface area (Å²) in [5.41, 5.74) is 2.37. The molecule has 0 saturated heterocycles. The maximum Gasteiger partial charge on any atom is 0.270 e. The molecule has 1 unspecified atom stereocenters. The van der Waals surface area contributed by atoms with Gasteiger partial charge in [0.2, 0.25) is 5.91 Å². The molecule has 1 aliphatic rings. The molecule has 0 radical (unpaired) electrons. The molecule has 150 valence electrons. The Morgan fingerprint density at radius 2 is 2.17 bits per heavy atom. The first kappa shape index (κ1) is 20.7. The predicted molar refractivity (Wildman–Crippen MR) is 115 cm³/mol. The molecule has 29 heavy (non-hydrogen) atoms. The van der Waals surface area contributed by atoms with Gasteiger partial charge in [-0.3, -0.25) is 14.9 Å². The lowest BCUT2D eigenvalue weighted by atomic mass is 9.72. The van der Waals surface area contributed by atoms with Crippen molar-refractivity contribution in [1.29, 1.82) is 5.26 Å². The van der Waals surface area contributed by atoms with Crippen LogP contribution in [0, 0.1) is 32.8 Å². The van der Waals surface area contributed by atoms with Crippen LogP contribution in [0.25, 0.3) is 6.08 Å². The molecule has 3 rings (SSSR count). The first-order chi connectivity index (χ1) is 13.7. The molecule has 1 aromatic carbocycles. The molecule has 1 atom stereocenters. The van der Waals surface area contributed by atoms with Crippen molar-refractivity contribution in [3.8, 4) is 6.07 Å². The number of nitrogens with one attached hydrogen (secondary N) is 1. The fourth-order valence-corrected chi connectivity index (χ4v) is 4.88. The Hall–Kier alpha value is -2.98. The maximum atomic E-state index is 12.4. The van der Waals surface area contributed by atoms with E-state index in [2.05, 4.69) is 32.2 Å². The number of nitro benzene ring substituents is 1. The fraction of sp³-hybridized carbons (Fsp3) is 0.364. The number of rotatable bonds is 4. The molecule has 0 bridgehead atoms. The lowest BCUT2D eigenvalue weighted by molar-refractivity contribution is -0.384. The van der Waals surface area contributed by atoms with Crippen LogP contribution in [0.15, 0.2) is 30.3 Å². The van der Waals surface area contributed by atoms with E-state index in [0.29, 0.717) is 22.0 Å². The SMILES string of the molecule is CC(C)(C)C1CCc2c(sc(NC(=O)C=Cc3cccc([N+](=O)[O-])c3)c2C#N)C1. The minimum Gasteiger partial charge on any atom is -0.313 e. The van der Waals surface area contributed by atoms with Gasteiger partial charge in [0, 0.05) is 23.1 Å². The molecule has 1 heterocycles. The molecular formula is C22H23N3O3S. The van der Waals surface area contributed by atoms with E-state index < -0.39 is 4.92 Å². The normalized spacial score (nSPS) is 16.3. The number of nitriles is 1. The summed E-state index contributed by atoms with van der Waals surface area (Å²) in [4.78, 5) is 23.9. The zero-order chi connectivity index (χ0) is 21.2. The largest absolute Gasteiger partial charge is 0.313 e. The summed E-state index contributed by atoms with van der Waals surface area (Å²) in [6.45, 7) is 6.72. The van der Waals surface area contributed by atoms with Crippen molar-refractivity contribution in [2.24, 2.45) is 11.3 Å². The van der Waals surface area contributed by atoms with Crippen molar-refractivity contribution in [1.82, 2.24) is 0 Å². The fourth-order valence-electron chi connectivity index (χ4n) is 3.60. The molecule has 0 saturated carbocycles. The number of hydrogen-bond acceptors (Lipinski definition) is 5. The number of hydrogen-bond donors (Lipinski definition) is 1. The van der Waals surface area contributed by atoms with Gasteiger partial charge in [-0.2, -0.15) is 5.26 Å². The maximum absolute atomic E-state index is 12.4. The molecule has 1 aliphatic carbocycles. The van der Waals surface area contributed by atoms with E-state index in [1.807, 2.05) is 0 Å². The van der Waals surface area contributed by atoms with Crippen LogP contribution in [0.4, 0.5) is 10.7 Å². The Balaban J connectivity index is 1.76. The predicted octanol–water partition coefficient (Wildman–Crippen LogP) is 5.33. The van der Waals surface area contributed by atoms with Crippen LogP contribution < -0.4 is 5.32 Å². The molecule has 0 aliphatic heterocycles. The number of fused-ring (bicyclic) bond motifs is 1. The number of benzene rings is 1. The van der Waals surface area contributed by atoms with Crippen molar-refractivity contribution < 1.29 is 9.72 Å². The van der Waals surface area contributed by atoms with Gasteiger partial charge in [0.25, 0.3) is 5.69 Å². The Morgan fingerprint density at radius 3 is 2.83 bits per heavy atom. The highest BCUT2D eigenvalue weighted by Crippen LogP contribution is 2.43. The lowest BCUT2D eigenvalue weighted by Crippen LogP contribution is -2.26. The van der Waals surface area contributed by atoms with E-state index >= 15 is 0 Å². The van der Waals surface area contributed by atoms with Gasteiger partial charge >= 0.3 is 0 Å².